The molecule has 0 saturated heterocycles. The van der Waals surface area contributed by atoms with Gasteiger partial charge in [-0.2, -0.15) is 0 Å². The van der Waals surface area contributed by atoms with E-state index < -0.39 is 52.2 Å². The van der Waals surface area contributed by atoms with Gasteiger partial charge in [0.25, 0.3) is 0 Å². The Morgan fingerprint density at radius 3 is 2.56 bits per heavy atom. The summed E-state index contributed by atoms with van der Waals surface area (Å²) < 4.78 is 56.8. The van der Waals surface area contributed by atoms with Gasteiger partial charge in [0.15, 0.2) is 23.2 Å². The van der Waals surface area contributed by atoms with Gasteiger partial charge in [-0.1, -0.05) is 36.6 Å². The molecule has 5 rings (SSSR count). The Bertz CT molecular complexity index is 1560. The second kappa shape index (κ2) is 10.9. The number of allylic oxidation sites excluding steroid dienone is 3. The predicted molar refractivity (Wildman–Crippen MR) is 150 cm³/mol. The lowest BCUT2D eigenvalue weighted by atomic mass is 9.82. The number of halogens is 4. The molecule has 3 atom stereocenters. The van der Waals surface area contributed by atoms with E-state index in [1.807, 2.05) is 23.6 Å². The number of hydrogen-bond donors (Lipinski definition) is 1. The Balaban J connectivity index is 1.41. The van der Waals surface area contributed by atoms with Gasteiger partial charge in [-0.25, -0.2) is 17.6 Å². The molecule has 3 unspecified atom stereocenters. The lowest BCUT2D eigenvalue weighted by molar-refractivity contribution is -0.132. The fraction of sp³-hybridized carbons (Fsp3) is 0.214. The highest BCUT2D eigenvalue weighted by atomic mass is 32.2. The van der Waals surface area contributed by atoms with Crippen molar-refractivity contribution in [1.29, 1.82) is 0 Å². The highest BCUT2D eigenvalue weighted by Gasteiger charge is 2.45. The van der Waals surface area contributed by atoms with Crippen LogP contribution in [0.3, 0.4) is 0 Å². The Labute approximate surface area is 238 Å². The van der Waals surface area contributed by atoms with Crippen LogP contribution in [0.1, 0.15) is 51.1 Å². The first-order chi connectivity index (χ1) is 18.5. The first kappa shape index (κ1) is 28.1. The Kier molecular flexibility index (Phi) is 7.82. The summed E-state index contributed by atoms with van der Waals surface area (Å²) >= 11 is 5.33. The number of thiophene rings is 2. The largest absolute Gasteiger partial charge is 0.380 e. The molecule has 3 nitrogen and oxygen atoms in total. The topological polar surface area (TPSA) is 54.4 Å². The normalized spacial score (nSPS) is 20.9. The number of carbonyl (C=O) groups excluding carboxylic acids is 2. The standard InChI is InChI=1S/C28H20F4O3S4/c1-4-15(26(35)19-20(29)11(2)21(30)23(32)22(19)31)37-12(3)16-8-7-13-24(33)25(34)14-10-18(17-6-5-9-36-17)39-28(14)27(13)38-16/h4-6,8-10,13,25,27,34H,3,7H2,1-2H3. The highest BCUT2D eigenvalue weighted by Crippen LogP contribution is 2.58. The van der Waals surface area contributed by atoms with Gasteiger partial charge in [-0.3, -0.25) is 9.59 Å². The average molecular weight is 609 g/mol. The average Bonchev–Trinajstić information content (AvgIpc) is 3.63. The molecule has 39 heavy (non-hydrogen) atoms. The molecule has 2 aliphatic rings. The molecule has 0 spiro atoms. The van der Waals surface area contributed by atoms with E-state index >= 15 is 0 Å². The van der Waals surface area contributed by atoms with E-state index in [2.05, 4.69) is 6.58 Å². The van der Waals surface area contributed by atoms with E-state index in [9.17, 15) is 32.3 Å². The number of Topliss-reactive ketones (excluding diaryl/α,β-unsaturated/α-hetero) is 2. The third-order valence-corrected chi connectivity index (χ3v) is 11.8. The number of benzene rings is 1. The summed E-state index contributed by atoms with van der Waals surface area (Å²) in [4.78, 5) is 29.9. The number of aliphatic hydroxyl groups is 1. The maximum atomic E-state index is 14.6. The van der Waals surface area contributed by atoms with Gasteiger partial charge in [-0.05, 0) is 37.8 Å². The first-order valence-corrected chi connectivity index (χ1v) is 15.1. The monoisotopic (exact) mass is 608 g/mol. The van der Waals surface area contributed by atoms with Crippen LogP contribution < -0.4 is 0 Å². The lowest BCUT2D eigenvalue weighted by Gasteiger charge is -2.35. The first-order valence-electron chi connectivity index (χ1n) is 11.7. The minimum Gasteiger partial charge on any atom is -0.380 e. The molecule has 0 saturated carbocycles. The number of carbonyl (C=O) groups is 2. The Morgan fingerprint density at radius 1 is 1.15 bits per heavy atom. The van der Waals surface area contributed by atoms with Crippen LogP contribution in [0.15, 0.2) is 57.0 Å². The minimum absolute atomic E-state index is 0.112. The van der Waals surface area contributed by atoms with Crippen LogP contribution in [-0.4, -0.2) is 16.7 Å². The van der Waals surface area contributed by atoms with Gasteiger partial charge >= 0.3 is 0 Å². The van der Waals surface area contributed by atoms with E-state index in [1.165, 1.54) is 36.1 Å². The number of ketones is 2. The molecular weight excluding hydrogens is 589 g/mol. The maximum absolute atomic E-state index is 14.6. The van der Waals surface area contributed by atoms with Crippen molar-refractivity contribution in [2.45, 2.75) is 31.6 Å². The molecule has 1 aromatic carbocycles. The van der Waals surface area contributed by atoms with Crippen LogP contribution in [0.25, 0.3) is 9.75 Å². The molecule has 11 heteroatoms. The van der Waals surface area contributed by atoms with Crippen LogP contribution in [-0.2, 0) is 4.79 Å². The van der Waals surface area contributed by atoms with Crippen molar-refractivity contribution in [3.05, 3.63) is 102 Å². The molecular formula is C28H20F4O3S4. The van der Waals surface area contributed by atoms with Gasteiger partial charge in [-0.15, -0.1) is 34.4 Å². The zero-order valence-electron chi connectivity index (χ0n) is 20.5. The molecule has 1 aliphatic carbocycles. The third-order valence-electron chi connectivity index (χ3n) is 6.62. The van der Waals surface area contributed by atoms with Gasteiger partial charge in [0.05, 0.1) is 15.7 Å². The number of rotatable bonds is 6. The molecule has 0 fully saturated rings. The molecule has 3 heterocycles. The van der Waals surface area contributed by atoms with E-state index in [1.54, 1.807) is 17.4 Å². The quantitative estimate of drug-likeness (QED) is 0.0998. The van der Waals surface area contributed by atoms with Crippen LogP contribution in [0.2, 0.25) is 0 Å². The van der Waals surface area contributed by atoms with Crippen LogP contribution in [0.4, 0.5) is 17.6 Å². The molecule has 1 N–H and O–H groups in total. The number of thioether (sulfide) groups is 2. The summed E-state index contributed by atoms with van der Waals surface area (Å²) in [5.41, 5.74) is -1.36. The molecule has 202 valence electrons. The Morgan fingerprint density at radius 2 is 1.90 bits per heavy atom. The van der Waals surface area contributed by atoms with E-state index in [4.69, 9.17) is 0 Å². The zero-order chi connectivity index (χ0) is 28.2. The SMILES string of the molecule is C=C(SC(=CC)C(=O)c1c(F)c(C)c(F)c(F)c1F)C1=CCC2C(=O)C(O)c3cc(-c4cccs4)sc3C2S1. The van der Waals surface area contributed by atoms with Gasteiger partial charge in [0.1, 0.15) is 11.9 Å². The minimum atomic E-state index is -1.91. The van der Waals surface area contributed by atoms with Crippen LogP contribution in [0, 0.1) is 36.1 Å². The fourth-order valence-corrected chi connectivity index (χ4v) is 9.19. The van der Waals surface area contributed by atoms with Gasteiger partial charge in [0, 0.05) is 41.5 Å². The summed E-state index contributed by atoms with van der Waals surface area (Å²) in [6.07, 6.45) is 2.27. The Hall–Kier alpha value is -2.44. The third kappa shape index (κ3) is 4.78. The molecule has 2 aromatic heterocycles. The summed E-state index contributed by atoms with van der Waals surface area (Å²) in [7, 11) is 0. The summed E-state index contributed by atoms with van der Waals surface area (Å²) in [6, 6.07) is 5.76. The number of aliphatic hydroxyl groups excluding tert-OH is 1. The van der Waals surface area contributed by atoms with Crippen LogP contribution in [0.5, 0.6) is 0 Å². The fourth-order valence-electron chi connectivity index (χ4n) is 4.55. The second-order valence-electron chi connectivity index (χ2n) is 8.92. The zero-order valence-corrected chi connectivity index (χ0v) is 23.8. The smallest absolute Gasteiger partial charge is 0.205 e. The van der Waals surface area contributed by atoms with Crippen molar-refractivity contribution in [2.75, 3.05) is 0 Å². The van der Waals surface area contributed by atoms with E-state index in [0.29, 0.717) is 21.8 Å². The predicted octanol–water partition coefficient (Wildman–Crippen LogP) is 8.67. The van der Waals surface area contributed by atoms with Crippen molar-refractivity contribution >= 4 is 57.8 Å². The van der Waals surface area contributed by atoms with Crippen molar-refractivity contribution in [3.8, 4) is 9.75 Å². The van der Waals surface area contributed by atoms with Crippen molar-refractivity contribution in [2.24, 2.45) is 5.92 Å². The van der Waals surface area contributed by atoms with Crippen molar-refractivity contribution in [1.82, 2.24) is 0 Å². The van der Waals surface area contributed by atoms with Crippen molar-refractivity contribution < 1.29 is 32.3 Å². The maximum Gasteiger partial charge on any atom is 0.205 e. The molecule has 0 bridgehead atoms. The lowest BCUT2D eigenvalue weighted by Crippen LogP contribution is -2.32. The molecule has 0 amide bonds. The summed E-state index contributed by atoms with van der Waals surface area (Å²) in [5.74, 6) is -8.75. The summed E-state index contributed by atoms with van der Waals surface area (Å²) in [5, 5.41) is 12.4. The van der Waals surface area contributed by atoms with E-state index in [-0.39, 0.29) is 15.9 Å². The number of fused-ring (bicyclic) bond motifs is 3. The number of hydrogen-bond acceptors (Lipinski definition) is 7. The molecule has 0 radical (unpaired) electrons. The van der Waals surface area contributed by atoms with E-state index in [0.717, 1.165) is 33.3 Å². The van der Waals surface area contributed by atoms with Gasteiger partial charge < -0.3 is 5.11 Å². The molecule has 1 aliphatic heterocycles. The van der Waals surface area contributed by atoms with Crippen molar-refractivity contribution in [3.63, 3.8) is 0 Å². The molecule has 3 aromatic rings. The highest BCUT2D eigenvalue weighted by molar-refractivity contribution is 8.11. The second-order valence-corrected chi connectivity index (χ2v) is 13.3. The van der Waals surface area contributed by atoms with Gasteiger partial charge in [0.2, 0.25) is 5.78 Å². The summed E-state index contributed by atoms with van der Waals surface area (Å²) in [6.45, 7) is 6.45. The van der Waals surface area contributed by atoms with Crippen LogP contribution >= 0.6 is 46.2 Å².